The van der Waals surface area contributed by atoms with Crippen molar-refractivity contribution in [1.82, 2.24) is 20.2 Å². The summed E-state index contributed by atoms with van der Waals surface area (Å²) >= 11 is 0. The molecular formula is C17H17N5O2. The van der Waals surface area contributed by atoms with Gasteiger partial charge in [0, 0.05) is 18.2 Å². The summed E-state index contributed by atoms with van der Waals surface area (Å²) in [5, 5.41) is 12.5. The summed E-state index contributed by atoms with van der Waals surface area (Å²) in [4.78, 5) is 12.6. The molecule has 0 aliphatic rings. The molecule has 122 valence electrons. The fourth-order valence-electron chi connectivity index (χ4n) is 2.35. The lowest BCUT2D eigenvalue weighted by Gasteiger charge is -2.14. The summed E-state index contributed by atoms with van der Waals surface area (Å²) < 4.78 is 5.52. The van der Waals surface area contributed by atoms with Crippen molar-refractivity contribution in [2.24, 2.45) is 5.73 Å². The van der Waals surface area contributed by atoms with Gasteiger partial charge < -0.3 is 10.5 Å². The van der Waals surface area contributed by atoms with Gasteiger partial charge in [-0.3, -0.25) is 4.79 Å². The lowest BCUT2D eigenvalue weighted by atomic mass is 10.1. The largest absolute Gasteiger partial charge is 0.375 e. The van der Waals surface area contributed by atoms with Crippen LogP contribution in [-0.4, -0.2) is 33.2 Å². The molecule has 2 N–H and O–H groups in total. The summed E-state index contributed by atoms with van der Waals surface area (Å²) in [6, 6.07) is 16.6. The Bertz CT molecular complexity index is 815. The molecule has 0 aliphatic carbocycles. The molecule has 0 saturated carbocycles. The monoisotopic (exact) mass is 323 g/mol. The molecule has 0 bridgehead atoms. The lowest BCUT2D eigenvalue weighted by molar-refractivity contribution is 0.0801. The maximum atomic E-state index is 11.1. The van der Waals surface area contributed by atoms with E-state index in [4.69, 9.17) is 10.5 Å². The van der Waals surface area contributed by atoms with Crippen LogP contribution in [-0.2, 0) is 11.3 Å². The number of rotatable bonds is 6. The highest BCUT2D eigenvalue weighted by Gasteiger charge is 2.14. The second kappa shape index (κ2) is 7.01. The average molecular weight is 323 g/mol. The second-order valence-corrected chi connectivity index (χ2v) is 5.24. The molecule has 1 amide bonds. The van der Waals surface area contributed by atoms with Gasteiger partial charge in [-0.05, 0) is 22.9 Å². The number of ether oxygens (including phenoxy) is 1. The first-order valence-electron chi connectivity index (χ1n) is 7.43. The fraction of sp³-hybridized carbons (Fsp3) is 0.176. The minimum absolute atomic E-state index is 0.162. The third kappa shape index (κ3) is 3.47. The van der Waals surface area contributed by atoms with E-state index in [-0.39, 0.29) is 6.10 Å². The van der Waals surface area contributed by atoms with Crippen LogP contribution in [0.3, 0.4) is 0 Å². The molecule has 7 heteroatoms. The number of tetrazole rings is 1. The van der Waals surface area contributed by atoms with Gasteiger partial charge in [-0.15, -0.1) is 10.2 Å². The van der Waals surface area contributed by atoms with Crippen molar-refractivity contribution in [2.45, 2.75) is 12.6 Å². The number of amides is 1. The Morgan fingerprint density at radius 2 is 1.88 bits per heavy atom. The summed E-state index contributed by atoms with van der Waals surface area (Å²) in [6.45, 7) is 0.451. The number of nitrogens with two attached hydrogens (primary N) is 1. The van der Waals surface area contributed by atoms with Gasteiger partial charge in [-0.25, -0.2) is 0 Å². The topological polar surface area (TPSA) is 95.9 Å². The third-order valence-corrected chi connectivity index (χ3v) is 3.67. The van der Waals surface area contributed by atoms with E-state index in [1.165, 1.54) is 4.80 Å². The molecule has 0 saturated heterocycles. The summed E-state index contributed by atoms with van der Waals surface area (Å²) in [5.41, 5.74) is 7.48. The molecule has 7 nitrogen and oxygen atoms in total. The standard InChI is InChI=1S/C17H17N5O2/c1-24-15(12-5-3-2-4-6-12)11-22-20-17(19-21-22)14-9-7-13(8-10-14)16(18)23/h2-10,15H,11H2,1H3,(H2,18,23)/t15-/m1/s1. The Hall–Kier alpha value is -3.06. The first kappa shape index (κ1) is 15.8. The van der Waals surface area contributed by atoms with Crippen LogP contribution in [0.25, 0.3) is 11.4 Å². The predicted octanol–water partition coefficient (Wildman–Crippen LogP) is 1.83. The van der Waals surface area contributed by atoms with Crippen LogP contribution < -0.4 is 5.73 Å². The molecular weight excluding hydrogens is 306 g/mol. The molecule has 1 heterocycles. The third-order valence-electron chi connectivity index (χ3n) is 3.67. The number of carbonyl (C=O) groups excluding carboxylic acids is 1. The molecule has 3 rings (SSSR count). The zero-order valence-corrected chi connectivity index (χ0v) is 13.2. The number of methoxy groups -OCH3 is 1. The number of aromatic nitrogens is 4. The van der Waals surface area contributed by atoms with E-state index in [0.29, 0.717) is 17.9 Å². The smallest absolute Gasteiger partial charge is 0.248 e. The van der Waals surface area contributed by atoms with Gasteiger partial charge in [-0.2, -0.15) is 4.80 Å². The maximum Gasteiger partial charge on any atom is 0.248 e. The highest BCUT2D eigenvalue weighted by atomic mass is 16.5. The number of primary amides is 1. The predicted molar refractivity (Wildman–Crippen MR) is 88.0 cm³/mol. The minimum atomic E-state index is -0.469. The molecule has 3 aromatic rings. The van der Waals surface area contributed by atoms with Gasteiger partial charge in [0.1, 0.15) is 6.10 Å². The van der Waals surface area contributed by atoms with E-state index in [1.807, 2.05) is 30.3 Å². The van der Waals surface area contributed by atoms with E-state index < -0.39 is 5.91 Å². The van der Waals surface area contributed by atoms with Crippen molar-refractivity contribution in [2.75, 3.05) is 7.11 Å². The van der Waals surface area contributed by atoms with Gasteiger partial charge in [0.2, 0.25) is 11.7 Å². The van der Waals surface area contributed by atoms with Crippen LogP contribution in [0, 0.1) is 0 Å². The second-order valence-electron chi connectivity index (χ2n) is 5.24. The van der Waals surface area contributed by atoms with E-state index >= 15 is 0 Å². The Kier molecular flexibility index (Phi) is 4.62. The summed E-state index contributed by atoms with van der Waals surface area (Å²) in [5.74, 6) is 0.0119. The summed E-state index contributed by atoms with van der Waals surface area (Å²) in [6.07, 6.45) is -0.162. The zero-order chi connectivity index (χ0) is 16.9. The molecule has 1 aromatic heterocycles. The first-order chi connectivity index (χ1) is 11.7. The van der Waals surface area contributed by atoms with E-state index in [0.717, 1.165) is 11.1 Å². The van der Waals surface area contributed by atoms with Crippen LogP contribution in [0.1, 0.15) is 22.0 Å². The maximum absolute atomic E-state index is 11.1. The normalized spacial score (nSPS) is 12.0. The van der Waals surface area contributed by atoms with Crippen molar-refractivity contribution in [3.8, 4) is 11.4 Å². The fourth-order valence-corrected chi connectivity index (χ4v) is 2.35. The Balaban J connectivity index is 1.76. The zero-order valence-electron chi connectivity index (χ0n) is 13.2. The highest BCUT2D eigenvalue weighted by molar-refractivity contribution is 5.93. The van der Waals surface area contributed by atoms with Crippen LogP contribution in [0.15, 0.2) is 54.6 Å². The SMILES string of the molecule is CO[C@H](Cn1nnc(-c2ccc(C(N)=O)cc2)n1)c1ccccc1. The minimum Gasteiger partial charge on any atom is -0.375 e. The lowest BCUT2D eigenvalue weighted by Crippen LogP contribution is -2.13. The average Bonchev–Trinajstić information content (AvgIpc) is 3.09. The Labute approximate surface area is 139 Å². The van der Waals surface area contributed by atoms with Crippen LogP contribution in [0.4, 0.5) is 0 Å². The van der Waals surface area contributed by atoms with Crippen molar-refractivity contribution < 1.29 is 9.53 Å². The van der Waals surface area contributed by atoms with Gasteiger partial charge in [0.25, 0.3) is 0 Å². The van der Waals surface area contributed by atoms with E-state index in [2.05, 4.69) is 15.4 Å². The molecule has 0 radical (unpaired) electrons. The van der Waals surface area contributed by atoms with Crippen molar-refractivity contribution in [1.29, 1.82) is 0 Å². The molecule has 24 heavy (non-hydrogen) atoms. The van der Waals surface area contributed by atoms with Crippen molar-refractivity contribution in [3.05, 3.63) is 65.7 Å². The van der Waals surface area contributed by atoms with Crippen molar-refractivity contribution >= 4 is 5.91 Å². The molecule has 1 atom stereocenters. The molecule has 2 aromatic carbocycles. The quantitative estimate of drug-likeness (QED) is 0.746. The van der Waals surface area contributed by atoms with Crippen LogP contribution in [0.2, 0.25) is 0 Å². The molecule has 0 unspecified atom stereocenters. The van der Waals surface area contributed by atoms with Gasteiger partial charge >= 0.3 is 0 Å². The number of nitrogens with zero attached hydrogens (tertiary/aromatic N) is 4. The van der Waals surface area contributed by atoms with E-state index in [9.17, 15) is 4.79 Å². The Morgan fingerprint density at radius 1 is 1.17 bits per heavy atom. The van der Waals surface area contributed by atoms with Gasteiger partial charge in [0.15, 0.2) is 0 Å². The number of hydrogen-bond donors (Lipinski definition) is 1. The number of benzene rings is 2. The van der Waals surface area contributed by atoms with Gasteiger partial charge in [-0.1, -0.05) is 42.5 Å². The molecule has 0 fully saturated rings. The van der Waals surface area contributed by atoms with E-state index in [1.54, 1.807) is 31.4 Å². The first-order valence-corrected chi connectivity index (χ1v) is 7.43. The number of hydrogen-bond acceptors (Lipinski definition) is 5. The number of carbonyl (C=O) groups is 1. The highest BCUT2D eigenvalue weighted by Crippen LogP contribution is 2.19. The molecule has 0 spiro atoms. The van der Waals surface area contributed by atoms with Gasteiger partial charge in [0.05, 0.1) is 6.54 Å². The van der Waals surface area contributed by atoms with Crippen LogP contribution >= 0.6 is 0 Å². The van der Waals surface area contributed by atoms with Crippen LogP contribution in [0.5, 0.6) is 0 Å². The summed E-state index contributed by atoms with van der Waals surface area (Å²) in [7, 11) is 1.65. The molecule has 0 aliphatic heterocycles. The van der Waals surface area contributed by atoms with Crippen molar-refractivity contribution in [3.63, 3.8) is 0 Å². The Morgan fingerprint density at radius 3 is 2.50 bits per heavy atom.